The van der Waals surface area contributed by atoms with Crippen molar-refractivity contribution in [3.8, 4) is 11.5 Å². The van der Waals surface area contributed by atoms with Crippen molar-refractivity contribution in [2.75, 3.05) is 29.9 Å². The summed E-state index contributed by atoms with van der Waals surface area (Å²) in [6.45, 7) is 0.613. The van der Waals surface area contributed by atoms with Crippen molar-refractivity contribution in [3.05, 3.63) is 53.6 Å². The molecule has 26 heavy (non-hydrogen) atoms. The van der Waals surface area contributed by atoms with Crippen LogP contribution in [0.5, 0.6) is 11.5 Å². The van der Waals surface area contributed by atoms with E-state index in [0.717, 1.165) is 11.3 Å². The molecule has 0 atom stereocenters. The van der Waals surface area contributed by atoms with Crippen molar-refractivity contribution in [1.29, 1.82) is 0 Å². The predicted molar refractivity (Wildman–Crippen MR) is 96.2 cm³/mol. The molecule has 0 saturated heterocycles. The minimum atomic E-state index is -3.49. The normalized spacial score (nSPS) is 15.0. The first-order valence-corrected chi connectivity index (χ1v) is 9.92. The van der Waals surface area contributed by atoms with Gasteiger partial charge in [0, 0.05) is 18.7 Å². The van der Waals surface area contributed by atoms with Gasteiger partial charge in [-0.15, -0.1) is 0 Å². The zero-order valence-corrected chi connectivity index (χ0v) is 14.8. The van der Waals surface area contributed by atoms with Crippen LogP contribution in [0.1, 0.15) is 15.9 Å². The molecule has 2 heterocycles. The minimum Gasteiger partial charge on any atom is -0.454 e. The lowest BCUT2D eigenvalue weighted by molar-refractivity contribution is 0.0955. The fourth-order valence-electron chi connectivity index (χ4n) is 3.14. The number of nitrogens with zero attached hydrogens (tertiary/aromatic N) is 1. The second kappa shape index (κ2) is 6.53. The number of nitrogens with one attached hydrogen (secondary N) is 1. The van der Waals surface area contributed by atoms with Gasteiger partial charge in [-0.3, -0.25) is 9.10 Å². The molecule has 0 aromatic heterocycles. The lowest BCUT2D eigenvalue weighted by Crippen LogP contribution is -2.36. The molecule has 0 aliphatic carbocycles. The second-order valence-corrected chi connectivity index (χ2v) is 8.10. The molecule has 2 aliphatic rings. The summed E-state index contributed by atoms with van der Waals surface area (Å²) < 4.78 is 37.1. The Morgan fingerprint density at radius 1 is 1.12 bits per heavy atom. The molecule has 0 unspecified atom stereocenters. The van der Waals surface area contributed by atoms with Gasteiger partial charge >= 0.3 is 0 Å². The predicted octanol–water partition coefficient (Wildman–Crippen LogP) is 1.54. The van der Waals surface area contributed by atoms with E-state index in [1.807, 2.05) is 24.3 Å². The van der Waals surface area contributed by atoms with E-state index in [2.05, 4.69) is 5.32 Å². The highest BCUT2D eigenvalue weighted by Gasteiger charge is 2.28. The molecule has 2 aliphatic heterocycles. The Labute approximate surface area is 151 Å². The number of para-hydroxylation sites is 1. The number of anilines is 1. The number of rotatable bonds is 5. The summed E-state index contributed by atoms with van der Waals surface area (Å²) in [5, 5.41) is 2.65. The largest absolute Gasteiger partial charge is 0.454 e. The van der Waals surface area contributed by atoms with Gasteiger partial charge in [0.25, 0.3) is 5.91 Å². The van der Waals surface area contributed by atoms with Gasteiger partial charge in [0.15, 0.2) is 11.5 Å². The van der Waals surface area contributed by atoms with Crippen molar-refractivity contribution < 1.29 is 22.7 Å². The molecular weight excluding hydrogens is 356 g/mol. The summed E-state index contributed by atoms with van der Waals surface area (Å²) in [4.78, 5) is 12.2. The Kier molecular flexibility index (Phi) is 4.20. The summed E-state index contributed by atoms with van der Waals surface area (Å²) >= 11 is 0. The average Bonchev–Trinajstić information content (AvgIpc) is 3.27. The monoisotopic (exact) mass is 374 g/mol. The molecule has 0 radical (unpaired) electrons. The molecule has 0 saturated carbocycles. The van der Waals surface area contributed by atoms with Crippen LogP contribution in [0.2, 0.25) is 0 Å². The molecule has 4 rings (SSSR count). The van der Waals surface area contributed by atoms with Gasteiger partial charge in [0.05, 0.1) is 11.4 Å². The van der Waals surface area contributed by atoms with E-state index in [4.69, 9.17) is 9.47 Å². The quantitative estimate of drug-likeness (QED) is 0.858. The van der Waals surface area contributed by atoms with Crippen LogP contribution in [-0.2, 0) is 16.4 Å². The van der Waals surface area contributed by atoms with Gasteiger partial charge in [0.1, 0.15) is 0 Å². The molecule has 0 spiro atoms. The third kappa shape index (κ3) is 3.08. The Morgan fingerprint density at radius 2 is 1.92 bits per heavy atom. The van der Waals surface area contributed by atoms with E-state index in [-0.39, 0.29) is 25.0 Å². The molecule has 7 nitrogen and oxygen atoms in total. The fourth-order valence-corrected chi connectivity index (χ4v) is 4.57. The van der Waals surface area contributed by atoms with Crippen LogP contribution in [-0.4, -0.2) is 40.0 Å². The molecule has 136 valence electrons. The molecule has 2 aromatic rings. The average molecular weight is 374 g/mol. The maximum absolute atomic E-state index is 12.6. The number of sulfonamides is 1. The van der Waals surface area contributed by atoms with Crippen LogP contribution < -0.4 is 19.1 Å². The number of benzene rings is 2. The summed E-state index contributed by atoms with van der Waals surface area (Å²) in [6, 6.07) is 12.3. The van der Waals surface area contributed by atoms with Crippen LogP contribution in [0.3, 0.4) is 0 Å². The van der Waals surface area contributed by atoms with E-state index < -0.39 is 10.0 Å². The van der Waals surface area contributed by atoms with Gasteiger partial charge in [0.2, 0.25) is 16.8 Å². The van der Waals surface area contributed by atoms with E-state index in [9.17, 15) is 13.2 Å². The maximum atomic E-state index is 12.6. The van der Waals surface area contributed by atoms with Crippen molar-refractivity contribution in [2.24, 2.45) is 0 Å². The van der Waals surface area contributed by atoms with Crippen LogP contribution in [0.15, 0.2) is 42.5 Å². The van der Waals surface area contributed by atoms with Crippen molar-refractivity contribution in [2.45, 2.75) is 6.42 Å². The topological polar surface area (TPSA) is 84.9 Å². The number of hydrogen-bond acceptors (Lipinski definition) is 5. The number of fused-ring (bicyclic) bond motifs is 2. The Bertz CT molecular complexity index is 958. The van der Waals surface area contributed by atoms with Crippen LogP contribution in [0, 0.1) is 0 Å². The first kappa shape index (κ1) is 16.7. The number of amides is 1. The zero-order chi connectivity index (χ0) is 18.1. The lowest BCUT2D eigenvalue weighted by Gasteiger charge is -2.19. The Morgan fingerprint density at radius 3 is 2.81 bits per heavy atom. The number of hydrogen-bond donors (Lipinski definition) is 1. The van der Waals surface area contributed by atoms with E-state index in [0.29, 0.717) is 30.0 Å². The second-order valence-electron chi connectivity index (χ2n) is 6.09. The first-order valence-electron chi connectivity index (χ1n) is 8.31. The van der Waals surface area contributed by atoms with Crippen LogP contribution in [0.25, 0.3) is 0 Å². The molecular formula is C18H18N2O5S. The molecule has 0 fully saturated rings. The van der Waals surface area contributed by atoms with Gasteiger partial charge in [-0.1, -0.05) is 18.2 Å². The van der Waals surface area contributed by atoms with Crippen LogP contribution >= 0.6 is 0 Å². The molecule has 2 aromatic carbocycles. The SMILES string of the molecule is O=C(NCCS(=O)(=O)N1CCc2ccccc21)c1ccc2c(c1)OCO2. The Hall–Kier alpha value is -2.74. The standard InChI is InChI=1S/C18H18N2O5S/c21-18(14-5-6-16-17(11-14)25-12-24-16)19-8-10-26(22,23)20-9-7-13-3-1-2-4-15(13)20/h1-6,11H,7-10,12H2,(H,19,21). The highest BCUT2D eigenvalue weighted by molar-refractivity contribution is 7.92. The van der Waals surface area contributed by atoms with E-state index >= 15 is 0 Å². The zero-order valence-electron chi connectivity index (χ0n) is 14.0. The lowest BCUT2D eigenvalue weighted by atomic mass is 10.2. The number of carbonyl (C=O) groups excluding carboxylic acids is 1. The number of ether oxygens (including phenoxy) is 2. The summed E-state index contributed by atoms with van der Waals surface area (Å²) in [6.07, 6.45) is 0.707. The molecule has 1 amide bonds. The first-order chi connectivity index (χ1) is 12.5. The van der Waals surface area contributed by atoms with Gasteiger partial charge < -0.3 is 14.8 Å². The van der Waals surface area contributed by atoms with Crippen molar-refractivity contribution in [3.63, 3.8) is 0 Å². The number of carbonyl (C=O) groups is 1. The maximum Gasteiger partial charge on any atom is 0.251 e. The van der Waals surface area contributed by atoms with E-state index in [1.54, 1.807) is 18.2 Å². The van der Waals surface area contributed by atoms with E-state index in [1.165, 1.54) is 4.31 Å². The van der Waals surface area contributed by atoms with Gasteiger partial charge in [-0.2, -0.15) is 0 Å². The molecule has 8 heteroatoms. The summed E-state index contributed by atoms with van der Waals surface area (Å²) in [5.74, 6) is 0.605. The summed E-state index contributed by atoms with van der Waals surface area (Å²) in [7, 11) is -3.49. The Balaban J connectivity index is 1.38. The minimum absolute atomic E-state index is 0.0360. The van der Waals surface area contributed by atoms with Crippen LogP contribution in [0.4, 0.5) is 5.69 Å². The van der Waals surface area contributed by atoms with Gasteiger partial charge in [-0.25, -0.2) is 8.42 Å². The summed E-state index contributed by atoms with van der Waals surface area (Å²) in [5.41, 5.74) is 2.16. The fraction of sp³-hybridized carbons (Fsp3) is 0.278. The molecule has 0 bridgehead atoms. The van der Waals surface area contributed by atoms with Gasteiger partial charge in [-0.05, 0) is 36.2 Å². The van der Waals surface area contributed by atoms with Crippen molar-refractivity contribution in [1.82, 2.24) is 5.32 Å². The highest BCUT2D eigenvalue weighted by atomic mass is 32.2. The highest BCUT2D eigenvalue weighted by Crippen LogP contribution is 2.32. The molecule has 1 N–H and O–H groups in total. The smallest absolute Gasteiger partial charge is 0.251 e. The van der Waals surface area contributed by atoms with Crippen molar-refractivity contribution >= 4 is 21.6 Å². The third-order valence-corrected chi connectivity index (χ3v) is 6.23. The third-order valence-electron chi connectivity index (χ3n) is 4.46.